The fraction of sp³-hybridized carbons (Fsp3) is 0.167. The topological polar surface area (TPSA) is 76.0 Å². The van der Waals surface area contributed by atoms with E-state index in [1.807, 2.05) is 24.3 Å². The van der Waals surface area contributed by atoms with Crippen LogP contribution in [0.4, 0.5) is 0 Å². The minimum atomic E-state index is -0.472. The molecule has 0 heterocycles. The summed E-state index contributed by atoms with van der Waals surface area (Å²) in [6, 6.07) is 11.8. The molecule has 0 radical (unpaired) electrons. The van der Waals surface area contributed by atoms with Gasteiger partial charge in [0.25, 0.3) is 0 Å². The summed E-state index contributed by atoms with van der Waals surface area (Å²) in [4.78, 5) is 11.6. The van der Waals surface area contributed by atoms with Gasteiger partial charge in [0.05, 0.1) is 13.7 Å². The number of ether oxygens (including phenoxy) is 2. The number of benzene rings is 2. The van der Waals surface area contributed by atoms with E-state index >= 15 is 0 Å². The van der Waals surface area contributed by atoms with Crippen LogP contribution in [0.3, 0.4) is 0 Å². The summed E-state index contributed by atoms with van der Waals surface area (Å²) in [5, 5.41) is 18.6. The lowest BCUT2D eigenvalue weighted by Crippen LogP contribution is -2.04. The van der Waals surface area contributed by atoms with Crippen molar-refractivity contribution in [3.8, 4) is 17.2 Å². The van der Waals surface area contributed by atoms with Gasteiger partial charge < -0.3 is 19.7 Å². The first-order valence-corrected chi connectivity index (χ1v) is 7.08. The second-order valence-electron chi connectivity index (χ2n) is 4.85. The Kier molecular flexibility index (Phi) is 5.63. The standard InChI is InChI=1S/C18H18O5/c1-22-15-4-2-3-13(11-15)9-10-23-18(21)8-6-14-5-7-16(19)17(20)12-14/h2-8,11-12,19-20H,9-10H2,1H3/b8-6+. The van der Waals surface area contributed by atoms with Crippen molar-refractivity contribution in [1.82, 2.24) is 0 Å². The van der Waals surface area contributed by atoms with Gasteiger partial charge in [0.15, 0.2) is 11.5 Å². The predicted octanol–water partition coefficient (Wildman–Crippen LogP) is 2.91. The normalized spacial score (nSPS) is 10.7. The maximum atomic E-state index is 11.6. The molecule has 120 valence electrons. The zero-order valence-corrected chi connectivity index (χ0v) is 12.7. The molecule has 2 aromatic carbocycles. The Morgan fingerprint density at radius 2 is 1.96 bits per heavy atom. The van der Waals surface area contributed by atoms with Gasteiger partial charge in [-0.15, -0.1) is 0 Å². The number of hydrogen-bond donors (Lipinski definition) is 2. The lowest BCUT2D eigenvalue weighted by Gasteiger charge is -2.05. The summed E-state index contributed by atoms with van der Waals surface area (Å²) in [7, 11) is 1.60. The van der Waals surface area contributed by atoms with Crippen molar-refractivity contribution < 1.29 is 24.5 Å². The van der Waals surface area contributed by atoms with Crippen LogP contribution in [0.5, 0.6) is 17.2 Å². The van der Waals surface area contributed by atoms with E-state index in [1.165, 1.54) is 24.3 Å². The van der Waals surface area contributed by atoms with Gasteiger partial charge in [0, 0.05) is 12.5 Å². The smallest absolute Gasteiger partial charge is 0.330 e. The molecule has 0 aromatic heterocycles. The minimum Gasteiger partial charge on any atom is -0.504 e. The first kappa shape index (κ1) is 16.4. The molecule has 0 unspecified atom stereocenters. The highest BCUT2D eigenvalue weighted by molar-refractivity contribution is 5.87. The number of phenols is 2. The minimum absolute atomic E-state index is 0.206. The molecular formula is C18H18O5. The van der Waals surface area contributed by atoms with E-state index in [9.17, 15) is 15.0 Å². The van der Waals surface area contributed by atoms with Crippen LogP contribution < -0.4 is 4.74 Å². The van der Waals surface area contributed by atoms with Crippen LogP contribution in [-0.4, -0.2) is 29.9 Å². The van der Waals surface area contributed by atoms with Crippen molar-refractivity contribution >= 4 is 12.0 Å². The second kappa shape index (κ2) is 7.89. The summed E-state index contributed by atoms with van der Waals surface area (Å²) in [6.07, 6.45) is 3.38. The number of esters is 1. The molecule has 0 bridgehead atoms. The summed E-state index contributed by atoms with van der Waals surface area (Å²) in [5.41, 5.74) is 1.61. The van der Waals surface area contributed by atoms with Gasteiger partial charge in [-0.25, -0.2) is 4.79 Å². The number of rotatable bonds is 6. The number of carbonyl (C=O) groups is 1. The fourth-order valence-electron chi connectivity index (χ4n) is 1.95. The van der Waals surface area contributed by atoms with Crippen molar-refractivity contribution in [3.05, 3.63) is 59.7 Å². The van der Waals surface area contributed by atoms with E-state index in [0.717, 1.165) is 11.3 Å². The van der Waals surface area contributed by atoms with Gasteiger partial charge in [-0.1, -0.05) is 18.2 Å². The van der Waals surface area contributed by atoms with Gasteiger partial charge in [0.2, 0.25) is 0 Å². The Morgan fingerprint density at radius 3 is 2.70 bits per heavy atom. The molecule has 0 aliphatic heterocycles. The van der Waals surface area contributed by atoms with Crippen molar-refractivity contribution in [2.45, 2.75) is 6.42 Å². The molecular weight excluding hydrogens is 296 g/mol. The Balaban J connectivity index is 1.82. The average molecular weight is 314 g/mol. The van der Waals surface area contributed by atoms with Crippen molar-refractivity contribution in [2.24, 2.45) is 0 Å². The number of hydrogen-bond acceptors (Lipinski definition) is 5. The molecule has 0 saturated heterocycles. The molecule has 2 aromatic rings. The summed E-state index contributed by atoms with van der Waals surface area (Å²) in [5.74, 6) is -0.150. The molecule has 0 spiro atoms. The van der Waals surface area contributed by atoms with Crippen molar-refractivity contribution in [1.29, 1.82) is 0 Å². The van der Waals surface area contributed by atoms with Crippen LogP contribution in [-0.2, 0) is 16.0 Å². The highest BCUT2D eigenvalue weighted by Gasteiger charge is 2.01. The van der Waals surface area contributed by atoms with Gasteiger partial charge in [-0.3, -0.25) is 0 Å². The average Bonchev–Trinajstić information content (AvgIpc) is 2.56. The largest absolute Gasteiger partial charge is 0.504 e. The van der Waals surface area contributed by atoms with E-state index in [2.05, 4.69) is 0 Å². The molecule has 2 rings (SSSR count). The molecule has 0 saturated carbocycles. The zero-order valence-electron chi connectivity index (χ0n) is 12.7. The zero-order chi connectivity index (χ0) is 16.7. The van der Waals surface area contributed by atoms with E-state index < -0.39 is 5.97 Å². The van der Waals surface area contributed by atoms with E-state index in [0.29, 0.717) is 12.0 Å². The maximum Gasteiger partial charge on any atom is 0.330 e. The van der Waals surface area contributed by atoms with Crippen LogP contribution in [0, 0.1) is 0 Å². The first-order chi connectivity index (χ1) is 11.1. The van der Waals surface area contributed by atoms with Crippen molar-refractivity contribution in [3.63, 3.8) is 0 Å². The van der Waals surface area contributed by atoms with Gasteiger partial charge >= 0.3 is 5.97 Å². The maximum absolute atomic E-state index is 11.6. The van der Waals surface area contributed by atoms with Gasteiger partial charge in [-0.05, 0) is 41.5 Å². The molecule has 0 aliphatic carbocycles. The number of methoxy groups -OCH3 is 1. The third-order valence-electron chi connectivity index (χ3n) is 3.18. The van der Waals surface area contributed by atoms with Gasteiger partial charge in [0.1, 0.15) is 5.75 Å². The lowest BCUT2D eigenvalue weighted by atomic mass is 10.1. The Bertz CT molecular complexity index is 706. The van der Waals surface area contributed by atoms with Gasteiger partial charge in [-0.2, -0.15) is 0 Å². The third kappa shape index (κ3) is 5.07. The quantitative estimate of drug-likeness (QED) is 0.487. The molecule has 0 aliphatic rings. The third-order valence-corrected chi connectivity index (χ3v) is 3.18. The monoisotopic (exact) mass is 314 g/mol. The molecule has 0 fully saturated rings. The predicted molar refractivity (Wildman–Crippen MR) is 86.5 cm³/mol. The van der Waals surface area contributed by atoms with E-state index in [1.54, 1.807) is 13.2 Å². The van der Waals surface area contributed by atoms with Crippen molar-refractivity contribution in [2.75, 3.05) is 13.7 Å². The van der Waals surface area contributed by atoms with Crippen LogP contribution in [0.25, 0.3) is 6.08 Å². The lowest BCUT2D eigenvalue weighted by molar-refractivity contribution is -0.137. The molecule has 5 heteroatoms. The van der Waals surface area contributed by atoms with Crippen LogP contribution in [0.2, 0.25) is 0 Å². The summed E-state index contributed by atoms with van der Waals surface area (Å²) in [6.45, 7) is 0.261. The van der Waals surface area contributed by atoms with Crippen LogP contribution in [0.15, 0.2) is 48.5 Å². The first-order valence-electron chi connectivity index (χ1n) is 7.08. The number of aromatic hydroxyl groups is 2. The number of carbonyl (C=O) groups excluding carboxylic acids is 1. The Labute approximate surface area is 134 Å². The Morgan fingerprint density at radius 1 is 1.13 bits per heavy atom. The highest BCUT2D eigenvalue weighted by atomic mass is 16.5. The molecule has 0 atom stereocenters. The molecule has 5 nitrogen and oxygen atoms in total. The number of phenolic OH excluding ortho intramolecular Hbond substituents is 2. The second-order valence-corrected chi connectivity index (χ2v) is 4.85. The van der Waals surface area contributed by atoms with E-state index in [4.69, 9.17) is 9.47 Å². The fourth-order valence-corrected chi connectivity index (χ4v) is 1.95. The van der Waals surface area contributed by atoms with E-state index in [-0.39, 0.29) is 18.1 Å². The SMILES string of the molecule is COc1cccc(CCOC(=O)/C=C/c2ccc(O)c(O)c2)c1. The molecule has 0 amide bonds. The Hall–Kier alpha value is -2.95. The summed E-state index contributed by atoms with van der Waals surface area (Å²) >= 11 is 0. The molecule has 2 N–H and O–H groups in total. The molecule has 23 heavy (non-hydrogen) atoms. The van der Waals surface area contributed by atoms with Crippen LogP contribution >= 0.6 is 0 Å². The van der Waals surface area contributed by atoms with Crippen LogP contribution in [0.1, 0.15) is 11.1 Å². The summed E-state index contributed by atoms with van der Waals surface area (Å²) < 4.78 is 10.2. The highest BCUT2D eigenvalue weighted by Crippen LogP contribution is 2.25.